The van der Waals surface area contributed by atoms with Crippen LogP contribution < -0.4 is 0 Å². The summed E-state index contributed by atoms with van der Waals surface area (Å²) in [7, 11) is 4.85. The fourth-order valence-corrected chi connectivity index (χ4v) is 1.25. The van der Waals surface area contributed by atoms with Crippen molar-refractivity contribution < 1.29 is 9.59 Å². The fourth-order valence-electron chi connectivity index (χ4n) is 1.14. The highest BCUT2D eigenvalue weighted by atomic mass is 35.5. The predicted octanol–water partition coefficient (Wildman–Crippen LogP) is 0.895. The highest BCUT2D eigenvalue weighted by molar-refractivity contribution is 6.29. The molecule has 6 heteroatoms. The number of hydrogen-bond acceptors (Lipinski definition) is 3. The summed E-state index contributed by atoms with van der Waals surface area (Å²) >= 11 is 5.63. The standard InChI is InChI=1S/C11H14ClN3O2/c1-14(2)10(16)7-15(3)11(17)8-4-5-9(12)13-6-8/h4-6H,7H2,1-3H3. The van der Waals surface area contributed by atoms with E-state index >= 15 is 0 Å². The molecule has 1 heterocycles. The SMILES string of the molecule is CN(C)C(=O)CN(C)C(=O)c1ccc(Cl)nc1. The molecular formula is C11H14ClN3O2. The zero-order valence-corrected chi connectivity index (χ0v) is 10.7. The zero-order chi connectivity index (χ0) is 13.0. The zero-order valence-electron chi connectivity index (χ0n) is 9.98. The summed E-state index contributed by atoms with van der Waals surface area (Å²) in [5.41, 5.74) is 0.406. The van der Waals surface area contributed by atoms with Crippen LogP contribution in [-0.4, -0.2) is 54.3 Å². The summed E-state index contributed by atoms with van der Waals surface area (Å²) < 4.78 is 0. The van der Waals surface area contributed by atoms with Crippen molar-refractivity contribution >= 4 is 23.4 Å². The Kier molecular flexibility index (Phi) is 4.45. The minimum absolute atomic E-state index is 0.0362. The van der Waals surface area contributed by atoms with Gasteiger partial charge in [-0.1, -0.05) is 11.6 Å². The third-order valence-electron chi connectivity index (χ3n) is 2.19. The van der Waals surface area contributed by atoms with Gasteiger partial charge < -0.3 is 9.80 Å². The summed E-state index contributed by atoms with van der Waals surface area (Å²) in [5.74, 6) is -0.396. The van der Waals surface area contributed by atoms with Gasteiger partial charge in [-0.15, -0.1) is 0 Å². The van der Waals surface area contributed by atoms with Crippen molar-refractivity contribution in [2.24, 2.45) is 0 Å². The highest BCUT2D eigenvalue weighted by Crippen LogP contribution is 2.07. The van der Waals surface area contributed by atoms with E-state index in [4.69, 9.17) is 11.6 Å². The number of carbonyl (C=O) groups is 2. The summed E-state index contributed by atoms with van der Waals surface area (Å²) in [6, 6.07) is 3.12. The van der Waals surface area contributed by atoms with Gasteiger partial charge in [-0.05, 0) is 12.1 Å². The van der Waals surface area contributed by atoms with Crippen LogP contribution in [0.2, 0.25) is 5.15 Å². The van der Waals surface area contributed by atoms with Gasteiger partial charge >= 0.3 is 0 Å². The molecule has 0 spiro atoms. The first kappa shape index (κ1) is 13.4. The number of amides is 2. The molecule has 0 N–H and O–H groups in total. The molecule has 0 unspecified atom stereocenters. The van der Waals surface area contributed by atoms with Crippen LogP contribution in [0.4, 0.5) is 0 Å². The predicted molar refractivity (Wildman–Crippen MR) is 64.9 cm³/mol. The molecule has 0 radical (unpaired) electrons. The van der Waals surface area contributed by atoms with Crippen LogP contribution in [0.3, 0.4) is 0 Å². The summed E-state index contributed by atoms with van der Waals surface area (Å²) in [4.78, 5) is 29.9. The molecule has 17 heavy (non-hydrogen) atoms. The molecule has 5 nitrogen and oxygen atoms in total. The quantitative estimate of drug-likeness (QED) is 0.754. The van der Waals surface area contributed by atoms with Gasteiger partial charge in [0.1, 0.15) is 5.15 Å². The number of hydrogen-bond donors (Lipinski definition) is 0. The van der Waals surface area contributed by atoms with E-state index in [1.807, 2.05) is 0 Å². The number of nitrogens with zero attached hydrogens (tertiary/aromatic N) is 3. The van der Waals surface area contributed by atoms with Gasteiger partial charge in [0.05, 0.1) is 12.1 Å². The van der Waals surface area contributed by atoms with E-state index in [-0.39, 0.29) is 18.4 Å². The fraction of sp³-hybridized carbons (Fsp3) is 0.364. The first-order valence-corrected chi connectivity index (χ1v) is 5.36. The lowest BCUT2D eigenvalue weighted by molar-refractivity contribution is -0.129. The Hall–Kier alpha value is -1.62. The molecule has 0 atom stereocenters. The maximum absolute atomic E-state index is 11.9. The van der Waals surface area contributed by atoms with Gasteiger partial charge in [0.25, 0.3) is 5.91 Å². The summed E-state index contributed by atoms with van der Waals surface area (Å²) in [5, 5.41) is 0.327. The third-order valence-corrected chi connectivity index (χ3v) is 2.42. The van der Waals surface area contributed by atoms with E-state index in [0.29, 0.717) is 10.7 Å². The minimum Gasteiger partial charge on any atom is -0.347 e. The molecule has 0 saturated carbocycles. The number of likely N-dealkylation sites (N-methyl/N-ethyl adjacent to an activating group) is 2. The van der Waals surface area contributed by atoms with E-state index in [1.165, 1.54) is 22.1 Å². The average Bonchev–Trinajstić information content (AvgIpc) is 2.28. The second-order valence-electron chi connectivity index (χ2n) is 3.82. The lowest BCUT2D eigenvalue weighted by Crippen LogP contribution is -2.37. The van der Waals surface area contributed by atoms with Crippen LogP contribution in [0.25, 0.3) is 0 Å². The van der Waals surface area contributed by atoms with Crippen molar-refractivity contribution in [2.75, 3.05) is 27.7 Å². The van der Waals surface area contributed by atoms with Crippen LogP contribution in [0.15, 0.2) is 18.3 Å². The van der Waals surface area contributed by atoms with Gasteiger partial charge in [0.2, 0.25) is 5.91 Å². The van der Waals surface area contributed by atoms with Crippen LogP contribution in [0.5, 0.6) is 0 Å². The second-order valence-corrected chi connectivity index (χ2v) is 4.21. The van der Waals surface area contributed by atoms with Gasteiger partial charge in [0.15, 0.2) is 0 Å². The molecule has 92 valence electrons. The smallest absolute Gasteiger partial charge is 0.255 e. The molecule has 0 fully saturated rings. The largest absolute Gasteiger partial charge is 0.347 e. The van der Waals surface area contributed by atoms with E-state index in [9.17, 15) is 9.59 Å². The van der Waals surface area contributed by atoms with Gasteiger partial charge in [-0.3, -0.25) is 9.59 Å². The first-order chi connectivity index (χ1) is 7.91. The Balaban J connectivity index is 2.70. The Morgan fingerprint density at radius 3 is 2.41 bits per heavy atom. The minimum atomic E-state index is -0.260. The highest BCUT2D eigenvalue weighted by Gasteiger charge is 2.15. The lowest BCUT2D eigenvalue weighted by Gasteiger charge is -2.19. The number of halogens is 1. The van der Waals surface area contributed by atoms with Gasteiger partial charge in [0, 0.05) is 27.3 Å². The first-order valence-electron chi connectivity index (χ1n) is 4.99. The summed E-state index contributed by atoms with van der Waals surface area (Å²) in [6.45, 7) is 0.0362. The maximum Gasteiger partial charge on any atom is 0.255 e. The van der Waals surface area contributed by atoms with Crippen LogP contribution >= 0.6 is 11.6 Å². The Morgan fingerprint density at radius 2 is 1.94 bits per heavy atom. The van der Waals surface area contributed by atoms with Crippen LogP contribution in [0.1, 0.15) is 10.4 Å². The second kappa shape index (κ2) is 5.63. The molecule has 2 amide bonds. The summed E-state index contributed by atoms with van der Waals surface area (Å²) in [6.07, 6.45) is 1.39. The molecule has 1 aromatic rings. The molecule has 0 saturated heterocycles. The third kappa shape index (κ3) is 3.71. The number of pyridine rings is 1. The molecule has 1 rings (SSSR count). The number of carbonyl (C=O) groups excluding carboxylic acids is 2. The van der Waals surface area contributed by atoms with Crippen LogP contribution in [-0.2, 0) is 4.79 Å². The molecule has 0 aliphatic heterocycles. The van der Waals surface area contributed by atoms with Gasteiger partial charge in [-0.2, -0.15) is 0 Å². The Labute approximate surface area is 105 Å². The molecular weight excluding hydrogens is 242 g/mol. The number of aromatic nitrogens is 1. The van der Waals surface area contributed by atoms with Crippen molar-refractivity contribution in [1.29, 1.82) is 0 Å². The monoisotopic (exact) mass is 255 g/mol. The maximum atomic E-state index is 11.9. The van der Waals surface area contributed by atoms with E-state index < -0.39 is 0 Å². The van der Waals surface area contributed by atoms with Crippen LogP contribution in [0, 0.1) is 0 Å². The molecule has 0 aromatic carbocycles. The Bertz CT molecular complexity index is 417. The topological polar surface area (TPSA) is 53.5 Å². The van der Waals surface area contributed by atoms with E-state index in [2.05, 4.69) is 4.98 Å². The van der Waals surface area contributed by atoms with Crippen molar-refractivity contribution in [3.05, 3.63) is 29.0 Å². The van der Waals surface area contributed by atoms with Crippen molar-refractivity contribution in [3.8, 4) is 0 Å². The van der Waals surface area contributed by atoms with Crippen molar-refractivity contribution in [2.45, 2.75) is 0 Å². The van der Waals surface area contributed by atoms with Crippen molar-refractivity contribution in [1.82, 2.24) is 14.8 Å². The van der Waals surface area contributed by atoms with E-state index in [0.717, 1.165) is 0 Å². The lowest BCUT2D eigenvalue weighted by atomic mass is 10.2. The Morgan fingerprint density at radius 1 is 1.29 bits per heavy atom. The van der Waals surface area contributed by atoms with Crippen molar-refractivity contribution in [3.63, 3.8) is 0 Å². The molecule has 0 aliphatic carbocycles. The molecule has 0 bridgehead atoms. The average molecular weight is 256 g/mol. The normalized spacial score (nSPS) is 9.88. The molecule has 1 aromatic heterocycles. The number of rotatable bonds is 3. The van der Waals surface area contributed by atoms with Gasteiger partial charge in [-0.25, -0.2) is 4.98 Å². The van der Waals surface area contributed by atoms with E-state index in [1.54, 1.807) is 27.2 Å². The molecule has 0 aliphatic rings.